The average Bonchev–Trinajstić information content (AvgIpc) is 2.38. The summed E-state index contributed by atoms with van der Waals surface area (Å²) in [5, 5.41) is 5.98. The lowest BCUT2D eigenvalue weighted by Crippen LogP contribution is -2.41. The minimum absolute atomic E-state index is 0.0357. The number of hydrogen-bond donors (Lipinski definition) is 2. The summed E-state index contributed by atoms with van der Waals surface area (Å²) in [6.07, 6.45) is 0. The van der Waals surface area contributed by atoms with Crippen LogP contribution in [0.3, 0.4) is 0 Å². The molecule has 0 heterocycles. The summed E-state index contributed by atoms with van der Waals surface area (Å²) in [5.41, 5.74) is 2.31. The first kappa shape index (κ1) is 14.7. The minimum atomic E-state index is -0.177. The maximum atomic E-state index is 11.5. The zero-order valence-corrected chi connectivity index (χ0v) is 11.3. The molecule has 0 aliphatic heterocycles. The van der Waals surface area contributed by atoms with Crippen LogP contribution < -0.4 is 10.6 Å². The first-order valence-corrected chi connectivity index (χ1v) is 6.25. The van der Waals surface area contributed by atoms with E-state index in [-0.39, 0.29) is 11.9 Å². The van der Waals surface area contributed by atoms with Crippen LogP contribution in [-0.2, 0) is 22.7 Å². The third kappa shape index (κ3) is 4.85. The molecule has 0 aliphatic rings. The lowest BCUT2D eigenvalue weighted by Gasteiger charge is -2.13. The fourth-order valence-electron chi connectivity index (χ4n) is 1.61. The third-order valence-corrected chi connectivity index (χ3v) is 2.69. The molecule has 18 heavy (non-hydrogen) atoms. The smallest absolute Gasteiger partial charge is 0.236 e. The van der Waals surface area contributed by atoms with Crippen LogP contribution in [0, 0.1) is 0 Å². The predicted octanol–water partition coefficient (Wildman–Crippen LogP) is 1.45. The van der Waals surface area contributed by atoms with Gasteiger partial charge in [-0.25, -0.2) is 0 Å². The largest absolute Gasteiger partial charge is 0.380 e. The summed E-state index contributed by atoms with van der Waals surface area (Å²) >= 11 is 0. The molecule has 0 aromatic heterocycles. The van der Waals surface area contributed by atoms with Crippen molar-refractivity contribution in [1.29, 1.82) is 0 Å². The van der Waals surface area contributed by atoms with Crippen LogP contribution in [0.5, 0.6) is 0 Å². The Balaban J connectivity index is 2.41. The SMILES string of the molecule is CCNC(=O)C(C)NCc1ccc(COC)cc1. The number of carbonyl (C=O) groups excluding carboxylic acids is 1. The van der Waals surface area contributed by atoms with Crippen LogP contribution in [0.1, 0.15) is 25.0 Å². The molecule has 0 bridgehead atoms. The second kappa shape index (κ2) is 7.84. The average molecular weight is 250 g/mol. The molecular weight excluding hydrogens is 228 g/mol. The van der Waals surface area contributed by atoms with Gasteiger partial charge in [0.2, 0.25) is 5.91 Å². The molecule has 1 aromatic rings. The van der Waals surface area contributed by atoms with Gasteiger partial charge in [0.05, 0.1) is 12.6 Å². The molecule has 0 spiro atoms. The molecule has 2 N–H and O–H groups in total. The van der Waals surface area contributed by atoms with E-state index in [2.05, 4.69) is 10.6 Å². The quantitative estimate of drug-likeness (QED) is 0.770. The molecule has 4 nitrogen and oxygen atoms in total. The Morgan fingerprint density at radius 3 is 2.44 bits per heavy atom. The summed E-state index contributed by atoms with van der Waals surface area (Å²) in [7, 11) is 1.68. The molecular formula is C14H22N2O2. The van der Waals surface area contributed by atoms with Crippen LogP contribution in [-0.4, -0.2) is 25.6 Å². The monoisotopic (exact) mass is 250 g/mol. The number of methoxy groups -OCH3 is 1. The second-order valence-corrected chi connectivity index (χ2v) is 4.25. The van der Waals surface area contributed by atoms with Crippen LogP contribution >= 0.6 is 0 Å². The van der Waals surface area contributed by atoms with Gasteiger partial charge in [-0.1, -0.05) is 24.3 Å². The highest BCUT2D eigenvalue weighted by atomic mass is 16.5. The van der Waals surface area contributed by atoms with E-state index in [1.54, 1.807) is 7.11 Å². The Morgan fingerprint density at radius 2 is 1.89 bits per heavy atom. The molecule has 1 atom stereocenters. The molecule has 0 fully saturated rings. The molecule has 1 rings (SSSR count). The number of ether oxygens (including phenoxy) is 1. The molecule has 1 aromatic carbocycles. The van der Waals surface area contributed by atoms with Gasteiger partial charge in [-0.3, -0.25) is 4.79 Å². The van der Waals surface area contributed by atoms with Gasteiger partial charge in [-0.05, 0) is 25.0 Å². The Morgan fingerprint density at radius 1 is 1.28 bits per heavy atom. The van der Waals surface area contributed by atoms with Crippen LogP contribution in [0.25, 0.3) is 0 Å². The number of amides is 1. The summed E-state index contributed by atoms with van der Waals surface area (Å²) in [6, 6.07) is 8.00. The van der Waals surface area contributed by atoms with Crippen molar-refractivity contribution in [1.82, 2.24) is 10.6 Å². The Kier molecular flexibility index (Phi) is 6.39. The van der Waals surface area contributed by atoms with Crippen LogP contribution in [0.2, 0.25) is 0 Å². The second-order valence-electron chi connectivity index (χ2n) is 4.25. The van der Waals surface area contributed by atoms with Crippen molar-refractivity contribution in [3.63, 3.8) is 0 Å². The fraction of sp³-hybridized carbons (Fsp3) is 0.500. The third-order valence-electron chi connectivity index (χ3n) is 2.69. The highest BCUT2D eigenvalue weighted by Gasteiger charge is 2.10. The van der Waals surface area contributed by atoms with Gasteiger partial charge in [0.25, 0.3) is 0 Å². The number of nitrogens with one attached hydrogen (secondary N) is 2. The molecule has 0 radical (unpaired) electrons. The maximum Gasteiger partial charge on any atom is 0.236 e. The Hall–Kier alpha value is -1.39. The molecule has 0 aliphatic carbocycles. The normalized spacial score (nSPS) is 12.2. The lowest BCUT2D eigenvalue weighted by atomic mass is 10.1. The number of hydrogen-bond acceptors (Lipinski definition) is 3. The molecule has 4 heteroatoms. The maximum absolute atomic E-state index is 11.5. The van der Waals surface area contributed by atoms with E-state index >= 15 is 0 Å². The standard InChI is InChI=1S/C14H22N2O2/c1-4-15-14(17)11(2)16-9-12-5-7-13(8-6-12)10-18-3/h5-8,11,16H,4,9-10H2,1-3H3,(H,15,17). The van der Waals surface area contributed by atoms with E-state index in [4.69, 9.17) is 4.74 Å². The van der Waals surface area contributed by atoms with E-state index in [9.17, 15) is 4.79 Å². The molecule has 0 saturated heterocycles. The van der Waals surface area contributed by atoms with Gasteiger partial charge in [0.1, 0.15) is 0 Å². The van der Waals surface area contributed by atoms with Crippen molar-refractivity contribution < 1.29 is 9.53 Å². The minimum Gasteiger partial charge on any atom is -0.380 e. The Labute approximate surface area is 109 Å². The van der Waals surface area contributed by atoms with Gasteiger partial charge >= 0.3 is 0 Å². The van der Waals surface area contributed by atoms with Gasteiger partial charge in [-0.15, -0.1) is 0 Å². The molecule has 0 saturated carbocycles. The van der Waals surface area contributed by atoms with E-state index < -0.39 is 0 Å². The number of likely N-dealkylation sites (N-methyl/N-ethyl adjacent to an activating group) is 1. The zero-order chi connectivity index (χ0) is 13.4. The van der Waals surface area contributed by atoms with Gasteiger partial charge in [0, 0.05) is 20.2 Å². The first-order chi connectivity index (χ1) is 8.67. The van der Waals surface area contributed by atoms with Crippen LogP contribution in [0.4, 0.5) is 0 Å². The topological polar surface area (TPSA) is 50.4 Å². The summed E-state index contributed by atoms with van der Waals surface area (Å²) in [6.45, 7) is 5.76. The van der Waals surface area contributed by atoms with E-state index in [1.165, 1.54) is 0 Å². The van der Waals surface area contributed by atoms with Gasteiger partial charge in [0.15, 0.2) is 0 Å². The van der Waals surface area contributed by atoms with E-state index in [0.717, 1.165) is 11.1 Å². The number of rotatable bonds is 7. The molecule has 100 valence electrons. The Bertz CT molecular complexity index is 363. The van der Waals surface area contributed by atoms with Crippen molar-refractivity contribution in [2.24, 2.45) is 0 Å². The lowest BCUT2D eigenvalue weighted by molar-refractivity contribution is -0.122. The number of benzene rings is 1. The number of carbonyl (C=O) groups is 1. The highest BCUT2D eigenvalue weighted by Crippen LogP contribution is 2.05. The van der Waals surface area contributed by atoms with Crippen molar-refractivity contribution in [2.45, 2.75) is 33.0 Å². The van der Waals surface area contributed by atoms with Crippen molar-refractivity contribution in [2.75, 3.05) is 13.7 Å². The van der Waals surface area contributed by atoms with Crippen molar-refractivity contribution >= 4 is 5.91 Å². The molecule has 1 unspecified atom stereocenters. The van der Waals surface area contributed by atoms with Gasteiger partial charge < -0.3 is 15.4 Å². The van der Waals surface area contributed by atoms with E-state index in [1.807, 2.05) is 38.1 Å². The van der Waals surface area contributed by atoms with Crippen LogP contribution in [0.15, 0.2) is 24.3 Å². The highest BCUT2D eigenvalue weighted by molar-refractivity contribution is 5.81. The zero-order valence-electron chi connectivity index (χ0n) is 11.3. The van der Waals surface area contributed by atoms with Crippen molar-refractivity contribution in [3.8, 4) is 0 Å². The van der Waals surface area contributed by atoms with Crippen molar-refractivity contribution in [3.05, 3.63) is 35.4 Å². The fourth-order valence-corrected chi connectivity index (χ4v) is 1.61. The summed E-state index contributed by atoms with van der Waals surface area (Å²) in [5.74, 6) is 0.0357. The summed E-state index contributed by atoms with van der Waals surface area (Å²) < 4.78 is 5.06. The first-order valence-electron chi connectivity index (χ1n) is 6.25. The summed E-state index contributed by atoms with van der Waals surface area (Å²) in [4.78, 5) is 11.5. The molecule has 1 amide bonds. The van der Waals surface area contributed by atoms with E-state index in [0.29, 0.717) is 19.7 Å². The van der Waals surface area contributed by atoms with Gasteiger partial charge in [-0.2, -0.15) is 0 Å². The predicted molar refractivity (Wildman–Crippen MR) is 72.1 cm³/mol.